The van der Waals surface area contributed by atoms with Gasteiger partial charge in [0.1, 0.15) is 22.7 Å². The molecule has 4 heteroatoms. The molecular weight excluding hydrogens is 244 g/mol. The van der Waals surface area contributed by atoms with Crippen LogP contribution in [0.5, 0.6) is 11.5 Å². The molecule has 0 amide bonds. The first-order chi connectivity index (χ1) is 8.85. The third kappa shape index (κ3) is 2.43. The molecule has 1 N–H and O–H groups in total. The van der Waals surface area contributed by atoms with Crippen molar-refractivity contribution >= 4 is 12.0 Å². The highest BCUT2D eigenvalue weighted by atomic mass is 16.5. The van der Waals surface area contributed by atoms with E-state index in [1.54, 1.807) is 26.0 Å². The highest BCUT2D eigenvalue weighted by molar-refractivity contribution is 5.96. The van der Waals surface area contributed by atoms with Gasteiger partial charge in [0.2, 0.25) is 0 Å². The molecule has 0 bridgehead atoms. The van der Waals surface area contributed by atoms with Crippen molar-refractivity contribution in [3.05, 3.63) is 28.8 Å². The third-order valence-electron chi connectivity index (χ3n) is 3.00. The van der Waals surface area contributed by atoms with E-state index in [1.807, 2.05) is 19.9 Å². The normalized spacial score (nSPS) is 15.6. The number of aromatic hydroxyl groups is 1. The first-order valence-corrected chi connectivity index (χ1v) is 6.27. The second kappa shape index (κ2) is 4.61. The van der Waals surface area contributed by atoms with E-state index < -0.39 is 11.6 Å². The molecule has 19 heavy (non-hydrogen) atoms. The number of esters is 1. The Balaban J connectivity index is 2.54. The maximum Gasteiger partial charge on any atom is 0.342 e. The summed E-state index contributed by atoms with van der Waals surface area (Å²) < 4.78 is 10.7. The van der Waals surface area contributed by atoms with E-state index in [2.05, 4.69) is 0 Å². The average Bonchev–Trinajstić information content (AvgIpc) is 2.27. The molecule has 2 rings (SSSR count). The molecular formula is C15H18O4. The number of hydrogen-bond acceptors (Lipinski definition) is 4. The minimum absolute atomic E-state index is 0.0831. The summed E-state index contributed by atoms with van der Waals surface area (Å²) in [6.07, 6.45) is 3.62. The molecule has 0 aromatic heterocycles. The second-order valence-corrected chi connectivity index (χ2v) is 5.09. The largest absolute Gasteiger partial charge is 0.506 e. The van der Waals surface area contributed by atoms with Gasteiger partial charge in [-0.1, -0.05) is 0 Å². The highest BCUT2D eigenvalue weighted by Gasteiger charge is 2.27. The summed E-state index contributed by atoms with van der Waals surface area (Å²) in [6, 6.07) is 1.76. The lowest BCUT2D eigenvalue weighted by atomic mass is 9.97. The summed E-state index contributed by atoms with van der Waals surface area (Å²) in [5.74, 6) is -0.0192. The molecule has 1 aliphatic rings. The Morgan fingerprint density at radius 2 is 2.16 bits per heavy atom. The molecule has 0 fully saturated rings. The molecule has 1 aromatic rings. The summed E-state index contributed by atoms with van der Waals surface area (Å²) in [5, 5.41) is 10.3. The summed E-state index contributed by atoms with van der Waals surface area (Å²) in [4.78, 5) is 11.9. The molecule has 0 saturated carbocycles. The Hall–Kier alpha value is -1.97. The lowest BCUT2D eigenvalue weighted by Crippen LogP contribution is -2.27. The number of phenols is 1. The molecule has 0 saturated heterocycles. The lowest BCUT2D eigenvalue weighted by Gasteiger charge is -2.29. The van der Waals surface area contributed by atoms with Crippen LogP contribution in [0.3, 0.4) is 0 Å². The van der Waals surface area contributed by atoms with E-state index in [4.69, 9.17) is 9.47 Å². The minimum Gasteiger partial charge on any atom is -0.506 e. The highest BCUT2D eigenvalue weighted by Crippen LogP contribution is 2.40. The van der Waals surface area contributed by atoms with Gasteiger partial charge in [-0.05, 0) is 51.5 Å². The van der Waals surface area contributed by atoms with Crippen molar-refractivity contribution in [3.63, 3.8) is 0 Å². The van der Waals surface area contributed by atoms with Gasteiger partial charge in [-0.15, -0.1) is 0 Å². The molecule has 0 radical (unpaired) electrons. The number of rotatable bonds is 2. The Morgan fingerprint density at radius 3 is 2.79 bits per heavy atom. The molecule has 1 heterocycles. The summed E-state index contributed by atoms with van der Waals surface area (Å²) in [6.45, 7) is 7.61. The smallest absolute Gasteiger partial charge is 0.342 e. The van der Waals surface area contributed by atoms with Gasteiger partial charge in [0.15, 0.2) is 0 Å². The van der Waals surface area contributed by atoms with Gasteiger partial charge in [-0.3, -0.25) is 0 Å². The number of ether oxygens (including phenoxy) is 2. The minimum atomic E-state index is -0.515. The first-order valence-electron chi connectivity index (χ1n) is 6.27. The summed E-state index contributed by atoms with van der Waals surface area (Å²) >= 11 is 0. The fourth-order valence-electron chi connectivity index (χ4n) is 2.09. The third-order valence-corrected chi connectivity index (χ3v) is 3.00. The van der Waals surface area contributed by atoms with Gasteiger partial charge in [0, 0.05) is 0 Å². The van der Waals surface area contributed by atoms with Crippen LogP contribution in [0, 0.1) is 6.92 Å². The van der Waals surface area contributed by atoms with Crippen molar-refractivity contribution in [2.75, 3.05) is 6.61 Å². The van der Waals surface area contributed by atoms with Gasteiger partial charge in [0.25, 0.3) is 0 Å². The zero-order valence-corrected chi connectivity index (χ0v) is 11.6. The van der Waals surface area contributed by atoms with E-state index in [0.717, 1.165) is 0 Å². The zero-order valence-electron chi connectivity index (χ0n) is 11.6. The molecule has 0 aliphatic carbocycles. The van der Waals surface area contributed by atoms with Crippen molar-refractivity contribution in [2.45, 2.75) is 33.3 Å². The topological polar surface area (TPSA) is 55.8 Å². The summed E-state index contributed by atoms with van der Waals surface area (Å²) in [7, 11) is 0. The van der Waals surface area contributed by atoms with Crippen molar-refractivity contribution in [1.29, 1.82) is 0 Å². The SMILES string of the molecule is CCOC(=O)c1c(C)cc2c(c1O)C=CC(C)(C)O2. The number of carbonyl (C=O) groups is 1. The van der Waals surface area contributed by atoms with Crippen LogP contribution in [0.25, 0.3) is 6.08 Å². The van der Waals surface area contributed by atoms with Crippen LogP contribution in [0.4, 0.5) is 0 Å². The first kappa shape index (κ1) is 13.5. The van der Waals surface area contributed by atoms with Crippen LogP contribution in [-0.2, 0) is 4.74 Å². The number of aryl methyl sites for hydroxylation is 1. The Kier molecular flexibility index (Phi) is 3.27. The van der Waals surface area contributed by atoms with E-state index >= 15 is 0 Å². The fourth-order valence-corrected chi connectivity index (χ4v) is 2.09. The van der Waals surface area contributed by atoms with E-state index in [9.17, 15) is 9.90 Å². The zero-order chi connectivity index (χ0) is 14.2. The van der Waals surface area contributed by atoms with E-state index in [1.165, 1.54) is 0 Å². The van der Waals surface area contributed by atoms with Crippen molar-refractivity contribution in [3.8, 4) is 11.5 Å². The molecule has 0 spiro atoms. The number of carbonyl (C=O) groups excluding carboxylic acids is 1. The van der Waals surface area contributed by atoms with Crippen molar-refractivity contribution < 1.29 is 19.4 Å². The predicted molar refractivity (Wildman–Crippen MR) is 72.5 cm³/mol. The molecule has 1 aliphatic heterocycles. The van der Waals surface area contributed by atoms with Crippen LogP contribution in [0.2, 0.25) is 0 Å². The van der Waals surface area contributed by atoms with Gasteiger partial charge in [-0.2, -0.15) is 0 Å². The predicted octanol–water partition coefficient (Wildman–Crippen LogP) is 3.06. The van der Waals surface area contributed by atoms with Crippen LogP contribution in [0.15, 0.2) is 12.1 Å². The maximum absolute atomic E-state index is 11.9. The number of phenolic OH excluding ortho intramolecular Hbond substituents is 1. The Labute approximate surface area is 112 Å². The molecule has 102 valence electrons. The van der Waals surface area contributed by atoms with E-state index in [-0.39, 0.29) is 17.9 Å². The van der Waals surface area contributed by atoms with Gasteiger partial charge >= 0.3 is 5.97 Å². The monoisotopic (exact) mass is 262 g/mol. The number of hydrogen-bond donors (Lipinski definition) is 1. The van der Waals surface area contributed by atoms with Crippen LogP contribution in [0.1, 0.15) is 42.3 Å². The standard InChI is InChI=1S/C15H18O4/c1-5-18-14(17)12-9(2)8-11-10(13(12)16)6-7-15(3,4)19-11/h6-8,16H,5H2,1-4H3. The van der Waals surface area contributed by atoms with Crippen LogP contribution < -0.4 is 4.74 Å². The van der Waals surface area contributed by atoms with Crippen LogP contribution >= 0.6 is 0 Å². The molecule has 1 aromatic carbocycles. The van der Waals surface area contributed by atoms with Crippen molar-refractivity contribution in [2.24, 2.45) is 0 Å². The Bertz CT molecular complexity index is 556. The molecule has 4 nitrogen and oxygen atoms in total. The molecule has 0 atom stereocenters. The van der Waals surface area contributed by atoms with Gasteiger partial charge < -0.3 is 14.6 Å². The Morgan fingerprint density at radius 1 is 1.47 bits per heavy atom. The molecule has 0 unspecified atom stereocenters. The van der Waals surface area contributed by atoms with Gasteiger partial charge in [0.05, 0.1) is 12.2 Å². The second-order valence-electron chi connectivity index (χ2n) is 5.09. The average molecular weight is 262 g/mol. The van der Waals surface area contributed by atoms with E-state index in [0.29, 0.717) is 16.9 Å². The van der Waals surface area contributed by atoms with Crippen LogP contribution in [-0.4, -0.2) is 23.3 Å². The summed E-state index contributed by atoms with van der Waals surface area (Å²) in [5.41, 5.74) is 0.944. The number of fused-ring (bicyclic) bond motifs is 1. The van der Waals surface area contributed by atoms with Crippen molar-refractivity contribution in [1.82, 2.24) is 0 Å². The fraction of sp³-hybridized carbons (Fsp3) is 0.400. The lowest BCUT2D eigenvalue weighted by molar-refractivity contribution is 0.0522. The maximum atomic E-state index is 11.9. The van der Waals surface area contributed by atoms with Gasteiger partial charge in [-0.25, -0.2) is 4.79 Å². The number of benzene rings is 1. The quantitative estimate of drug-likeness (QED) is 0.832.